The zero-order chi connectivity index (χ0) is 12.6. The summed E-state index contributed by atoms with van der Waals surface area (Å²) in [7, 11) is 0. The van der Waals surface area contributed by atoms with Crippen LogP contribution in [0.3, 0.4) is 0 Å². The molecule has 92 valence electrons. The molecule has 2 rings (SSSR count). The summed E-state index contributed by atoms with van der Waals surface area (Å²) in [6, 6.07) is 2.36. The van der Waals surface area contributed by atoms with Gasteiger partial charge < -0.3 is 15.5 Å². The van der Waals surface area contributed by atoms with Crippen molar-refractivity contribution in [1.82, 2.24) is 5.32 Å². The zero-order valence-electron chi connectivity index (χ0n) is 9.40. The molecule has 0 amide bonds. The third-order valence-corrected chi connectivity index (χ3v) is 3.12. The van der Waals surface area contributed by atoms with Crippen molar-refractivity contribution in [1.29, 1.82) is 0 Å². The highest BCUT2D eigenvalue weighted by Crippen LogP contribution is 2.32. The minimum atomic E-state index is -0.878. The molecule has 1 saturated heterocycles. The molecular weight excluding hydrogens is 225 g/mol. The molecule has 1 aromatic rings. The number of hydrogen-bond donors (Lipinski definition) is 3. The lowest BCUT2D eigenvalue weighted by Crippen LogP contribution is -2.17. The van der Waals surface area contributed by atoms with Gasteiger partial charge in [-0.1, -0.05) is 0 Å². The minimum Gasteiger partial charge on any atom is -0.508 e. The Kier molecular flexibility index (Phi) is 3.02. The molecule has 0 spiro atoms. The van der Waals surface area contributed by atoms with Crippen molar-refractivity contribution in [3.8, 4) is 5.75 Å². The van der Waals surface area contributed by atoms with E-state index in [9.17, 15) is 14.3 Å². The van der Waals surface area contributed by atoms with E-state index in [1.165, 1.54) is 12.1 Å². The molecule has 17 heavy (non-hydrogen) atoms. The first-order chi connectivity index (χ1) is 7.99. The highest BCUT2D eigenvalue weighted by Gasteiger charge is 2.32. The average molecular weight is 239 g/mol. The van der Waals surface area contributed by atoms with Crippen molar-refractivity contribution < 1.29 is 19.4 Å². The van der Waals surface area contributed by atoms with E-state index < -0.39 is 11.9 Å². The number of phenolic OH excluding ortho intramolecular Hbond substituents is 1. The minimum absolute atomic E-state index is 0.000486. The lowest BCUT2D eigenvalue weighted by Gasteiger charge is -2.13. The number of carbonyl (C=O) groups is 1. The summed E-state index contributed by atoms with van der Waals surface area (Å²) >= 11 is 0. The molecule has 2 atom stereocenters. The number of carboxylic acid groups (broad SMARTS) is 1. The normalized spacial score (nSPS) is 23.9. The second kappa shape index (κ2) is 4.33. The Balaban J connectivity index is 2.27. The second-order valence-electron chi connectivity index (χ2n) is 4.40. The van der Waals surface area contributed by atoms with E-state index in [2.05, 4.69) is 5.32 Å². The number of carboxylic acids is 1. The Morgan fingerprint density at radius 2 is 2.24 bits per heavy atom. The van der Waals surface area contributed by atoms with Crippen LogP contribution >= 0.6 is 0 Å². The van der Waals surface area contributed by atoms with Gasteiger partial charge in [0.2, 0.25) is 0 Å². The maximum absolute atomic E-state index is 13.9. The number of halogens is 1. The highest BCUT2D eigenvalue weighted by atomic mass is 19.1. The van der Waals surface area contributed by atoms with Crippen molar-refractivity contribution >= 4 is 5.97 Å². The molecule has 1 fully saturated rings. The molecule has 0 aliphatic carbocycles. The molecule has 3 N–H and O–H groups in total. The quantitative estimate of drug-likeness (QED) is 0.732. The van der Waals surface area contributed by atoms with Gasteiger partial charge in [-0.05, 0) is 31.0 Å². The van der Waals surface area contributed by atoms with E-state index in [1.807, 2.05) is 0 Å². The van der Waals surface area contributed by atoms with Gasteiger partial charge in [-0.3, -0.25) is 4.79 Å². The Hall–Kier alpha value is -1.62. The lowest BCUT2D eigenvalue weighted by atomic mass is 9.98. The number of nitrogens with one attached hydrogen (secondary N) is 1. The third-order valence-electron chi connectivity index (χ3n) is 3.12. The molecule has 1 aliphatic rings. The van der Waals surface area contributed by atoms with Crippen LogP contribution in [-0.4, -0.2) is 22.7 Å². The van der Waals surface area contributed by atoms with Crippen LogP contribution in [0.1, 0.15) is 23.6 Å². The van der Waals surface area contributed by atoms with E-state index in [4.69, 9.17) is 5.11 Å². The second-order valence-corrected chi connectivity index (χ2v) is 4.40. The first-order valence-corrected chi connectivity index (χ1v) is 5.44. The van der Waals surface area contributed by atoms with Gasteiger partial charge in [0.1, 0.15) is 11.6 Å². The average Bonchev–Trinajstić information content (AvgIpc) is 2.72. The molecule has 4 nitrogen and oxygen atoms in total. The first-order valence-electron chi connectivity index (χ1n) is 5.44. The van der Waals surface area contributed by atoms with E-state index >= 15 is 0 Å². The number of aromatic hydroxyl groups is 1. The molecule has 1 heterocycles. The zero-order valence-corrected chi connectivity index (χ0v) is 9.40. The maximum Gasteiger partial charge on any atom is 0.307 e. The molecule has 2 unspecified atom stereocenters. The van der Waals surface area contributed by atoms with Crippen LogP contribution in [0, 0.1) is 18.7 Å². The standard InChI is InChI=1S/C12H14FNO3/c1-6-2-8(15)4-9(11(6)13)10-3-7(5-14-10)12(16)17/h2,4,7,10,14-15H,3,5H2,1H3,(H,16,17). The van der Waals surface area contributed by atoms with E-state index in [-0.39, 0.29) is 17.6 Å². The Bertz CT molecular complexity index is 461. The molecule has 0 aromatic heterocycles. The van der Waals surface area contributed by atoms with Gasteiger partial charge in [0.15, 0.2) is 0 Å². The summed E-state index contributed by atoms with van der Waals surface area (Å²) in [6.45, 7) is 1.90. The maximum atomic E-state index is 13.9. The lowest BCUT2D eigenvalue weighted by molar-refractivity contribution is -0.141. The SMILES string of the molecule is Cc1cc(O)cc(C2CC(C(=O)O)CN2)c1F. The predicted molar refractivity (Wildman–Crippen MR) is 59.3 cm³/mol. The third kappa shape index (κ3) is 2.24. The van der Waals surface area contributed by atoms with Gasteiger partial charge in [0, 0.05) is 18.2 Å². The van der Waals surface area contributed by atoms with Crippen LogP contribution in [0.2, 0.25) is 0 Å². The monoisotopic (exact) mass is 239 g/mol. The molecule has 1 aromatic carbocycles. The highest BCUT2D eigenvalue weighted by molar-refractivity contribution is 5.70. The van der Waals surface area contributed by atoms with E-state index in [0.717, 1.165) is 0 Å². The number of phenols is 1. The first kappa shape index (κ1) is 11.9. The van der Waals surface area contributed by atoms with Crippen LogP contribution in [0.4, 0.5) is 4.39 Å². The van der Waals surface area contributed by atoms with Crippen LogP contribution in [-0.2, 0) is 4.79 Å². The Morgan fingerprint density at radius 1 is 1.53 bits per heavy atom. The van der Waals surface area contributed by atoms with Crippen LogP contribution in [0.5, 0.6) is 5.75 Å². The molecule has 5 heteroatoms. The van der Waals surface area contributed by atoms with Gasteiger partial charge in [-0.2, -0.15) is 0 Å². The van der Waals surface area contributed by atoms with Gasteiger partial charge in [0.25, 0.3) is 0 Å². The van der Waals surface area contributed by atoms with Gasteiger partial charge in [-0.15, -0.1) is 0 Å². The number of hydrogen-bond acceptors (Lipinski definition) is 3. The summed E-state index contributed by atoms with van der Waals surface area (Å²) < 4.78 is 13.9. The predicted octanol–water partition coefficient (Wildman–Crippen LogP) is 1.57. The summed E-state index contributed by atoms with van der Waals surface area (Å²) in [6.07, 6.45) is 0.342. The fraction of sp³-hybridized carbons (Fsp3) is 0.417. The smallest absolute Gasteiger partial charge is 0.307 e. The van der Waals surface area contributed by atoms with Gasteiger partial charge >= 0.3 is 5.97 Å². The van der Waals surface area contributed by atoms with E-state index in [0.29, 0.717) is 24.1 Å². The van der Waals surface area contributed by atoms with Gasteiger partial charge in [0.05, 0.1) is 5.92 Å². The number of rotatable bonds is 2. The van der Waals surface area contributed by atoms with E-state index in [1.54, 1.807) is 6.92 Å². The molecule has 0 radical (unpaired) electrons. The van der Waals surface area contributed by atoms with Crippen molar-refractivity contribution in [2.75, 3.05) is 6.54 Å². The summed E-state index contributed by atoms with van der Waals surface area (Å²) in [4.78, 5) is 10.8. The van der Waals surface area contributed by atoms with Crippen molar-refractivity contribution in [3.05, 3.63) is 29.1 Å². The van der Waals surface area contributed by atoms with Crippen molar-refractivity contribution in [2.24, 2.45) is 5.92 Å². The Labute approximate surface area is 98.1 Å². The number of aliphatic carboxylic acids is 1. The van der Waals surface area contributed by atoms with Crippen LogP contribution in [0.25, 0.3) is 0 Å². The van der Waals surface area contributed by atoms with Crippen LogP contribution < -0.4 is 5.32 Å². The number of benzene rings is 1. The fourth-order valence-corrected chi connectivity index (χ4v) is 2.19. The molecule has 0 bridgehead atoms. The summed E-state index contributed by atoms with van der Waals surface area (Å²) in [5.74, 6) is -1.76. The van der Waals surface area contributed by atoms with Crippen molar-refractivity contribution in [2.45, 2.75) is 19.4 Å². The number of aryl methyl sites for hydroxylation is 1. The molecule has 0 saturated carbocycles. The molecule has 1 aliphatic heterocycles. The molecular formula is C12H14FNO3. The summed E-state index contributed by atoms with van der Waals surface area (Å²) in [5.41, 5.74) is 0.701. The topological polar surface area (TPSA) is 69.6 Å². The fourth-order valence-electron chi connectivity index (χ4n) is 2.19. The largest absolute Gasteiger partial charge is 0.508 e. The van der Waals surface area contributed by atoms with Crippen molar-refractivity contribution in [3.63, 3.8) is 0 Å². The summed E-state index contributed by atoms with van der Waals surface area (Å²) in [5, 5.41) is 21.3. The Morgan fingerprint density at radius 3 is 2.82 bits per heavy atom. The van der Waals surface area contributed by atoms with Crippen LogP contribution in [0.15, 0.2) is 12.1 Å². The van der Waals surface area contributed by atoms with Gasteiger partial charge in [-0.25, -0.2) is 4.39 Å².